The van der Waals surface area contributed by atoms with Crippen molar-refractivity contribution in [1.82, 2.24) is 25.2 Å². The minimum absolute atomic E-state index is 0.0882. The van der Waals surface area contributed by atoms with Crippen LogP contribution >= 0.6 is 0 Å². The highest BCUT2D eigenvalue weighted by Crippen LogP contribution is 2.17. The number of carbonyl (C=O) groups is 1. The molecule has 2 aromatic rings. The van der Waals surface area contributed by atoms with Gasteiger partial charge in [0.2, 0.25) is 0 Å². The quantitative estimate of drug-likeness (QED) is 0.913. The highest BCUT2D eigenvalue weighted by molar-refractivity contribution is 5.91. The van der Waals surface area contributed by atoms with Crippen LogP contribution in [0.4, 0.5) is 0 Å². The first-order valence-electron chi connectivity index (χ1n) is 8.63. The molecule has 1 amide bonds. The average molecular weight is 327 g/mol. The van der Waals surface area contributed by atoms with Crippen LogP contribution < -0.4 is 5.32 Å². The molecule has 0 saturated carbocycles. The maximum Gasteiger partial charge on any atom is 0.276 e. The maximum absolute atomic E-state index is 12.6. The Morgan fingerprint density at radius 1 is 1.25 bits per heavy atom. The third-order valence-corrected chi connectivity index (χ3v) is 4.61. The lowest BCUT2D eigenvalue weighted by molar-refractivity contribution is 0.0779. The second kappa shape index (κ2) is 7.57. The minimum Gasteiger partial charge on any atom is -0.336 e. The molecule has 1 saturated heterocycles. The molecular weight excluding hydrogens is 302 g/mol. The van der Waals surface area contributed by atoms with Crippen molar-refractivity contribution < 1.29 is 4.79 Å². The number of aromatic nitrogens is 3. The summed E-state index contributed by atoms with van der Waals surface area (Å²) in [6.07, 6.45) is 4.86. The van der Waals surface area contributed by atoms with Gasteiger partial charge in [-0.3, -0.25) is 4.79 Å². The number of aryl methyl sites for hydroxylation is 1. The Kier molecular flexibility index (Phi) is 5.25. The van der Waals surface area contributed by atoms with Gasteiger partial charge in [-0.25, -0.2) is 4.68 Å². The summed E-state index contributed by atoms with van der Waals surface area (Å²) >= 11 is 0. The van der Waals surface area contributed by atoms with E-state index >= 15 is 0 Å². The standard InChI is InChI=1S/C18H25N5O/c1-3-14-4-6-15(7-5-14)12-22(2)18(24)17-13-23(21-20-17)16-8-10-19-11-9-16/h4-7,13,16,19H,3,8-12H2,1-2H3. The molecule has 1 N–H and O–H groups in total. The molecule has 6 nitrogen and oxygen atoms in total. The van der Waals surface area contributed by atoms with Crippen molar-refractivity contribution in [3.8, 4) is 0 Å². The lowest BCUT2D eigenvalue weighted by Crippen LogP contribution is -2.29. The number of nitrogens with one attached hydrogen (secondary N) is 1. The Bertz CT molecular complexity index is 673. The monoisotopic (exact) mass is 327 g/mol. The van der Waals surface area contributed by atoms with Gasteiger partial charge in [-0.2, -0.15) is 0 Å². The zero-order valence-corrected chi connectivity index (χ0v) is 14.4. The van der Waals surface area contributed by atoms with Gasteiger partial charge in [0.05, 0.1) is 12.2 Å². The van der Waals surface area contributed by atoms with Gasteiger partial charge >= 0.3 is 0 Å². The number of benzene rings is 1. The van der Waals surface area contributed by atoms with Crippen LogP contribution in [0.2, 0.25) is 0 Å². The van der Waals surface area contributed by atoms with Gasteiger partial charge in [-0.1, -0.05) is 36.4 Å². The lowest BCUT2D eigenvalue weighted by atomic mass is 10.1. The molecule has 3 rings (SSSR count). The van der Waals surface area contributed by atoms with Crippen molar-refractivity contribution in [1.29, 1.82) is 0 Å². The second-order valence-electron chi connectivity index (χ2n) is 6.40. The molecule has 0 spiro atoms. The van der Waals surface area contributed by atoms with Crippen LogP contribution in [0.1, 0.15) is 47.4 Å². The molecule has 6 heteroatoms. The summed E-state index contributed by atoms with van der Waals surface area (Å²) < 4.78 is 1.85. The highest BCUT2D eigenvalue weighted by Gasteiger charge is 2.20. The van der Waals surface area contributed by atoms with Gasteiger partial charge in [-0.05, 0) is 43.5 Å². The number of piperidine rings is 1. The fourth-order valence-electron chi connectivity index (χ4n) is 3.05. The fourth-order valence-corrected chi connectivity index (χ4v) is 3.05. The first-order valence-corrected chi connectivity index (χ1v) is 8.63. The molecule has 24 heavy (non-hydrogen) atoms. The summed E-state index contributed by atoms with van der Waals surface area (Å²) in [6.45, 7) is 4.68. The van der Waals surface area contributed by atoms with Crippen LogP contribution in [0.3, 0.4) is 0 Å². The Morgan fingerprint density at radius 3 is 2.58 bits per heavy atom. The maximum atomic E-state index is 12.6. The fraction of sp³-hybridized carbons (Fsp3) is 0.500. The van der Waals surface area contributed by atoms with Crippen molar-refractivity contribution in [3.63, 3.8) is 0 Å². The molecule has 1 aromatic carbocycles. The molecule has 1 aromatic heterocycles. The summed E-state index contributed by atoms with van der Waals surface area (Å²) in [5.74, 6) is -0.0882. The minimum atomic E-state index is -0.0882. The molecule has 128 valence electrons. The Labute approximate surface area is 142 Å². The normalized spacial score (nSPS) is 15.4. The van der Waals surface area contributed by atoms with Gasteiger partial charge in [-0.15, -0.1) is 5.10 Å². The Morgan fingerprint density at radius 2 is 1.92 bits per heavy atom. The van der Waals surface area contributed by atoms with Crippen LogP contribution in [0, 0.1) is 0 Å². The van der Waals surface area contributed by atoms with E-state index in [-0.39, 0.29) is 5.91 Å². The lowest BCUT2D eigenvalue weighted by Gasteiger charge is -2.22. The van der Waals surface area contributed by atoms with E-state index in [9.17, 15) is 4.79 Å². The number of hydrogen-bond acceptors (Lipinski definition) is 4. The number of carbonyl (C=O) groups excluding carboxylic acids is 1. The number of nitrogens with zero attached hydrogens (tertiary/aromatic N) is 4. The molecular formula is C18H25N5O. The SMILES string of the molecule is CCc1ccc(CN(C)C(=O)c2cn(C3CCNCC3)nn2)cc1. The van der Waals surface area contributed by atoms with E-state index in [4.69, 9.17) is 0 Å². The second-order valence-corrected chi connectivity index (χ2v) is 6.40. The highest BCUT2D eigenvalue weighted by atomic mass is 16.2. The first kappa shape index (κ1) is 16.6. The van der Waals surface area contributed by atoms with E-state index in [0.29, 0.717) is 18.3 Å². The van der Waals surface area contributed by atoms with Crippen molar-refractivity contribution in [3.05, 3.63) is 47.3 Å². The van der Waals surface area contributed by atoms with Crippen molar-refractivity contribution >= 4 is 5.91 Å². The summed E-state index contributed by atoms with van der Waals surface area (Å²) in [5.41, 5.74) is 2.84. The summed E-state index contributed by atoms with van der Waals surface area (Å²) in [4.78, 5) is 14.3. The Balaban J connectivity index is 1.63. The zero-order chi connectivity index (χ0) is 16.9. The van der Waals surface area contributed by atoms with Crippen molar-refractivity contribution in [2.45, 2.75) is 38.8 Å². The van der Waals surface area contributed by atoms with Crippen LogP contribution in [0.5, 0.6) is 0 Å². The van der Waals surface area contributed by atoms with E-state index in [2.05, 4.69) is 46.8 Å². The van der Waals surface area contributed by atoms with Gasteiger partial charge in [0, 0.05) is 13.6 Å². The van der Waals surface area contributed by atoms with Crippen LogP contribution in [0.15, 0.2) is 30.5 Å². The van der Waals surface area contributed by atoms with E-state index < -0.39 is 0 Å². The smallest absolute Gasteiger partial charge is 0.276 e. The van der Waals surface area contributed by atoms with Gasteiger partial charge in [0.25, 0.3) is 5.91 Å². The van der Waals surface area contributed by atoms with Crippen LogP contribution in [-0.4, -0.2) is 45.9 Å². The van der Waals surface area contributed by atoms with Crippen LogP contribution in [-0.2, 0) is 13.0 Å². The average Bonchev–Trinajstić information content (AvgIpc) is 3.12. The molecule has 1 aliphatic heterocycles. The third kappa shape index (κ3) is 3.82. The molecule has 1 aliphatic rings. The molecule has 1 fully saturated rings. The van der Waals surface area contributed by atoms with Gasteiger partial charge in [0.1, 0.15) is 0 Å². The van der Waals surface area contributed by atoms with Crippen molar-refractivity contribution in [2.75, 3.05) is 20.1 Å². The molecule has 0 unspecified atom stereocenters. The largest absolute Gasteiger partial charge is 0.336 e. The number of hydrogen-bond donors (Lipinski definition) is 1. The first-order chi connectivity index (χ1) is 11.7. The Hall–Kier alpha value is -2.21. The van der Waals surface area contributed by atoms with Crippen molar-refractivity contribution in [2.24, 2.45) is 0 Å². The van der Waals surface area contributed by atoms with E-state index in [0.717, 1.165) is 37.9 Å². The molecule has 2 heterocycles. The van der Waals surface area contributed by atoms with E-state index in [1.807, 2.05) is 4.68 Å². The number of rotatable bonds is 5. The van der Waals surface area contributed by atoms with E-state index in [1.54, 1.807) is 18.1 Å². The van der Waals surface area contributed by atoms with Crippen LogP contribution in [0.25, 0.3) is 0 Å². The van der Waals surface area contributed by atoms with Gasteiger partial charge < -0.3 is 10.2 Å². The summed E-state index contributed by atoms with van der Waals surface area (Å²) in [7, 11) is 1.81. The summed E-state index contributed by atoms with van der Waals surface area (Å²) in [5, 5.41) is 11.6. The van der Waals surface area contributed by atoms with E-state index in [1.165, 1.54) is 5.56 Å². The summed E-state index contributed by atoms with van der Waals surface area (Å²) in [6, 6.07) is 8.72. The number of amides is 1. The topological polar surface area (TPSA) is 63.1 Å². The predicted molar refractivity (Wildman–Crippen MR) is 92.8 cm³/mol. The molecule has 0 atom stereocenters. The molecule has 0 bridgehead atoms. The molecule has 0 aliphatic carbocycles. The third-order valence-electron chi connectivity index (χ3n) is 4.61. The predicted octanol–water partition coefficient (Wildman–Crippen LogP) is 2.04. The zero-order valence-electron chi connectivity index (χ0n) is 14.4. The molecule has 0 radical (unpaired) electrons. The van der Waals surface area contributed by atoms with Gasteiger partial charge in [0.15, 0.2) is 5.69 Å².